The smallest absolute Gasteiger partial charge is 0.246 e. The first-order chi connectivity index (χ1) is 10.4. The van der Waals surface area contributed by atoms with Gasteiger partial charge in [0.15, 0.2) is 0 Å². The summed E-state index contributed by atoms with van der Waals surface area (Å²) in [7, 11) is -3.60. The number of rotatable bonds is 7. The van der Waals surface area contributed by atoms with Crippen LogP contribution in [0.5, 0.6) is 0 Å². The minimum atomic E-state index is -3.60. The van der Waals surface area contributed by atoms with Crippen molar-refractivity contribution in [1.29, 1.82) is 0 Å². The van der Waals surface area contributed by atoms with Gasteiger partial charge in [-0.1, -0.05) is 30.3 Å². The van der Waals surface area contributed by atoms with Gasteiger partial charge in [-0.05, 0) is 38.4 Å². The molecule has 1 aromatic heterocycles. The van der Waals surface area contributed by atoms with Crippen molar-refractivity contribution in [2.24, 2.45) is 5.73 Å². The fourth-order valence-electron chi connectivity index (χ4n) is 2.34. The van der Waals surface area contributed by atoms with Crippen LogP contribution in [-0.2, 0) is 16.6 Å². The average Bonchev–Trinajstić information content (AvgIpc) is 2.84. The van der Waals surface area contributed by atoms with Gasteiger partial charge in [-0.15, -0.1) is 0 Å². The van der Waals surface area contributed by atoms with Crippen LogP contribution in [0.3, 0.4) is 0 Å². The van der Waals surface area contributed by atoms with Crippen LogP contribution in [0.4, 0.5) is 0 Å². The third-order valence-corrected chi connectivity index (χ3v) is 5.38. The molecule has 0 saturated heterocycles. The summed E-state index contributed by atoms with van der Waals surface area (Å²) in [5, 5.41) is 0. The molecular formula is C16H22N2O3S. The van der Waals surface area contributed by atoms with Crippen molar-refractivity contribution in [3.63, 3.8) is 0 Å². The number of hydrogen-bond acceptors (Lipinski definition) is 4. The Morgan fingerprint density at radius 2 is 1.86 bits per heavy atom. The Balaban J connectivity index is 2.33. The van der Waals surface area contributed by atoms with E-state index < -0.39 is 10.0 Å². The summed E-state index contributed by atoms with van der Waals surface area (Å²) in [5.41, 5.74) is 6.49. The van der Waals surface area contributed by atoms with Crippen LogP contribution in [0, 0.1) is 13.8 Å². The summed E-state index contributed by atoms with van der Waals surface area (Å²) < 4.78 is 32.6. The van der Waals surface area contributed by atoms with Crippen LogP contribution >= 0.6 is 0 Å². The Morgan fingerprint density at radius 1 is 1.18 bits per heavy atom. The quantitative estimate of drug-likeness (QED) is 0.849. The van der Waals surface area contributed by atoms with Crippen LogP contribution in [0.1, 0.15) is 23.5 Å². The van der Waals surface area contributed by atoms with Gasteiger partial charge in [-0.2, -0.15) is 4.31 Å². The maximum absolute atomic E-state index is 12.9. The summed E-state index contributed by atoms with van der Waals surface area (Å²) in [6.45, 7) is 4.57. The van der Waals surface area contributed by atoms with Gasteiger partial charge in [-0.3, -0.25) is 0 Å². The summed E-state index contributed by atoms with van der Waals surface area (Å²) in [6.07, 6.45) is 0.613. The van der Waals surface area contributed by atoms with Gasteiger partial charge >= 0.3 is 0 Å². The maximum Gasteiger partial charge on any atom is 0.246 e. The van der Waals surface area contributed by atoms with E-state index in [1.807, 2.05) is 30.3 Å². The van der Waals surface area contributed by atoms with Gasteiger partial charge in [0.2, 0.25) is 10.0 Å². The standard InChI is InChI=1S/C16H22N2O3S/c1-13-11-16(14(2)21-13)22(19,20)18(10-6-9-17)12-15-7-4-3-5-8-15/h3-5,7-8,11H,6,9-10,12,17H2,1-2H3. The minimum Gasteiger partial charge on any atom is -0.465 e. The first-order valence-electron chi connectivity index (χ1n) is 7.26. The zero-order valence-corrected chi connectivity index (χ0v) is 13.8. The Hall–Kier alpha value is -1.63. The van der Waals surface area contributed by atoms with Crippen LogP contribution < -0.4 is 5.73 Å². The van der Waals surface area contributed by atoms with Crippen molar-refractivity contribution in [2.45, 2.75) is 31.7 Å². The second-order valence-corrected chi connectivity index (χ2v) is 7.15. The highest BCUT2D eigenvalue weighted by Gasteiger charge is 2.28. The summed E-state index contributed by atoms with van der Waals surface area (Å²) in [4.78, 5) is 0.234. The molecule has 2 N–H and O–H groups in total. The molecule has 1 heterocycles. The normalized spacial score (nSPS) is 12.0. The van der Waals surface area contributed by atoms with Crippen molar-refractivity contribution in [3.8, 4) is 0 Å². The van der Waals surface area contributed by atoms with E-state index in [9.17, 15) is 8.42 Å². The van der Waals surface area contributed by atoms with Crippen LogP contribution in [0.15, 0.2) is 45.7 Å². The minimum absolute atomic E-state index is 0.234. The fourth-order valence-corrected chi connectivity index (χ4v) is 4.03. The van der Waals surface area contributed by atoms with Crippen LogP contribution in [-0.4, -0.2) is 25.8 Å². The highest BCUT2D eigenvalue weighted by atomic mass is 32.2. The molecule has 120 valence electrons. The zero-order valence-electron chi connectivity index (χ0n) is 13.0. The number of benzene rings is 1. The summed E-state index contributed by atoms with van der Waals surface area (Å²) >= 11 is 0. The molecule has 2 aromatic rings. The number of hydrogen-bond donors (Lipinski definition) is 1. The van der Waals surface area contributed by atoms with Crippen molar-refractivity contribution >= 4 is 10.0 Å². The van der Waals surface area contributed by atoms with E-state index in [0.29, 0.717) is 37.6 Å². The van der Waals surface area contributed by atoms with Crippen molar-refractivity contribution in [3.05, 3.63) is 53.5 Å². The van der Waals surface area contributed by atoms with E-state index in [2.05, 4.69) is 0 Å². The topological polar surface area (TPSA) is 76.5 Å². The van der Waals surface area contributed by atoms with E-state index in [0.717, 1.165) is 5.56 Å². The first-order valence-corrected chi connectivity index (χ1v) is 8.70. The molecule has 0 bridgehead atoms. The molecule has 0 aliphatic carbocycles. The third kappa shape index (κ3) is 3.76. The van der Waals surface area contributed by atoms with E-state index in [1.165, 1.54) is 4.31 Å². The molecule has 2 rings (SSSR count). The number of nitrogens with two attached hydrogens (primary N) is 1. The SMILES string of the molecule is Cc1cc(S(=O)(=O)N(CCCN)Cc2ccccc2)c(C)o1. The molecule has 0 fully saturated rings. The van der Waals surface area contributed by atoms with Crippen molar-refractivity contribution in [2.75, 3.05) is 13.1 Å². The monoisotopic (exact) mass is 322 g/mol. The Morgan fingerprint density at radius 3 is 2.41 bits per heavy atom. The fraction of sp³-hybridized carbons (Fsp3) is 0.375. The van der Waals surface area contributed by atoms with Crippen LogP contribution in [0.2, 0.25) is 0 Å². The highest BCUT2D eigenvalue weighted by molar-refractivity contribution is 7.89. The zero-order chi connectivity index (χ0) is 16.2. The van der Waals surface area contributed by atoms with Gasteiger partial charge in [0, 0.05) is 13.1 Å². The molecule has 0 radical (unpaired) electrons. The maximum atomic E-state index is 12.9. The van der Waals surface area contributed by atoms with Gasteiger partial charge in [0.05, 0.1) is 0 Å². The molecule has 0 saturated carbocycles. The average molecular weight is 322 g/mol. The Labute approximate surface area is 131 Å². The first kappa shape index (κ1) is 16.7. The summed E-state index contributed by atoms with van der Waals surface area (Å²) in [6, 6.07) is 11.1. The van der Waals surface area contributed by atoms with Gasteiger partial charge in [0.25, 0.3) is 0 Å². The summed E-state index contributed by atoms with van der Waals surface area (Å²) in [5.74, 6) is 1.01. The molecule has 0 spiro atoms. The second-order valence-electron chi connectivity index (χ2n) is 5.24. The number of furan rings is 1. The molecule has 0 unspecified atom stereocenters. The van der Waals surface area contributed by atoms with E-state index in [-0.39, 0.29) is 4.90 Å². The third-order valence-electron chi connectivity index (χ3n) is 3.43. The lowest BCUT2D eigenvalue weighted by Crippen LogP contribution is -2.32. The molecule has 0 atom stereocenters. The molecule has 1 aromatic carbocycles. The second kappa shape index (κ2) is 7.09. The molecule has 5 nitrogen and oxygen atoms in total. The van der Waals surface area contributed by atoms with Gasteiger partial charge in [-0.25, -0.2) is 8.42 Å². The number of sulfonamides is 1. The Bertz CT molecular complexity index is 708. The number of aryl methyl sites for hydroxylation is 2. The lowest BCUT2D eigenvalue weighted by atomic mass is 10.2. The predicted molar refractivity (Wildman–Crippen MR) is 85.9 cm³/mol. The van der Waals surface area contributed by atoms with Crippen LogP contribution in [0.25, 0.3) is 0 Å². The number of nitrogens with zero attached hydrogens (tertiary/aromatic N) is 1. The van der Waals surface area contributed by atoms with Crippen molar-refractivity contribution in [1.82, 2.24) is 4.31 Å². The molecular weight excluding hydrogens is 300 g/mol. The van der Waals surface area contributed by atoms with E-state index in [4.69, 9.17) is 10.2 Å². The predicted octanol–water partition coefficient (Wildman–Crippen LogP) is 2.44. The molecule has 0 amide bonds. The molecule has 6 heteroatoms. The van der Waals surface area contributed by atoms with Crippen molar-refractivity contribution < 1.29 is 12.8 Å². The molecule has 22 heavy (non-hydrogen) atoms. The molecule has 0 aliphatic heterocycles. The Kier molecular flexibility index (Phi) is 5.39. The largest absolute Gasteiger partial charge is 0.465 e. The lowest BCUT2D eigenvalue weighted by molar-refractivity contribution is 0.399. The van der Waals surface area contributed by atoms with Gasteiger partial charge in [0.1, 0.15) is 16.4 Å². The lowest BCUT2D eigenvalue weighted by Gasteiger charge is -2.21. The van der Waals surface area contributed by atoms with E-state index in [1.54, 1.807) is 19.9 Å². The highest BCUT2D eigenvalue weighted by Crippen LogP contribution is 2.24. The van der Waals surface area contributed by atoms with E-state index >= 15 is 0 Å². The van der Waals surface area contributed by atoms with Gasteiger partial charge < -0.3 is 10.2 Å². The molecule has 0 aliphatic rings.